The van der Waals surface area contributed by atoms with Crippen molar-refractivity contribution in [3.8, 4) is 11.3 Å². The topological polar surface area (TPSA) is 12.9 Å². The molecule has 0 aliphatic rings. The predicted molar refractivity (Wildman–Crippen MR) is 94.9 cm³/mol. The van der Waals surface area contributed by atoms with E-state index in [1.165, 1.54) is 21.7 Å². The molecule has 0 aliphatic carbocycles. The highest BCUT2D eigenvalue weighted by Crippen LogP contribution is 2.23. The molecule has 0 unspecified atom stereocenters. The number of hydrogen-bond acceptors (Lipinski definition) is 1. The summed E-state index contributed by atoms with van der Waals surface area (Å²) in [6, 6.07) is 19.5. The molecule has 2 heteroatoms. The Morgan fingerprint density at radius 3 is 2.33 bits per heavy atom. The highest BCUT2D eigenvalue weighted by Gasteiger charge is 2.16. The van der Waals surface area contributed by atoms with Gasteiger partial charge in [0.2, 0.25) is 0 Å². The number of fused-ring (bicyclic) bond motifs is 1. The minimum atomic E-state index is -1.26. The van der Waals surface area contributed by atoms with E-state index < -0.39 is 8.07 Å². The lowest BCUT2D eigenvalue weighted by Crippen LogP contribution is -2.37. The van der Waals surface area contributed by atoms with Crippen molar-refractivity contribution in [2.75, 3.05) is 0 Å². The van der Waals surface area contributed by atoms with Gasteiger partial charge in [0.05, 0.1) is 19.3 Å². The Morgan fingerprint density at radius 1 is 0.857 bits per heavy atom. The molecule has 2 aromatic carbocycles. The van der Waals surface area contributed by atoms with E-state index in [0.717, 1.165) is 11.2 Å². The maximum Gasteiger partial charge on any atom is 0.0776 e. The zero-order valence-corrected chi connectivity index (χ0v) is 14.1. The van der Waals surface area contributed by atoms with Crippen LogP contribution in [0.15, 0.2) is 54.6 Å². The van der Waals surface area contributed by atoms with Crippen LogP contribution < -0.4 is 5.19 Å². The van der Waals surface area contributed by atoms with Gasteiger partial charge in [-0.3, -0.25) is 0 Å². The molecular formula is C19H21NSi. The summed E-state index contributed by atoms with van der Waals surface area (Å²) in [4.78, 5) is 4.84. The first-order valence-electron chi connectivity index (χ1n) is 7.42. The Hall–Kier alpha value is -1.93. The first kappa shape index (κ1) is 14.0. The van der Waals surface area contributed by atoms with Crippen LogP contribution in [0.3, 0.4) is 0 Å². The summed E-state index contributed by atoms with van der Waals surface area (Å²) < 4.78 is 0. The number of benzene rings is 2. The summed E-state index contributed by atoms with van der Waals surface area (Å²) in [5.74, 6) is 0. The van der Waals surface area contributed by atoms with E-state index in [9.17, 15) is 0 Å². The van der Waals surface area contributed by atoms with Gasteiger partial charge in [-0.05, 0) is 24.6 Å². The number of pyridine rings is 1. The molecule has 1 heterocycles. The average molecular weight is 291 g/mol. The van der Waals surface area contributed by atoms with E-state index in [1.54, 1.807) is 0 Å². The zero-order valence-electron chi connectivity index (χ0n) is 13.1. The van der Waals surface area contributed by atoms with Crippen molar-refractivity contribution >= 4 is 24.2 Å². The largest absolute Gasteiger partial charge is 0.248 e. The van der Waals surface area contributed by atoms with Gasteiger partial charge >= 0.3 is 0 Å². The lowest BCUT2D eigenvalue weighted by atomic mass is 10.0. The van der Waals surface area contributed by atoms with Crippen molar-refractivity contribution in [3.63, 3.8) is 0 Å². The van der Waals surface area contributed by atoms with Crippen molar-refractivity contribution in [3.05, 3.63) is 60.2 Å². The molecule has 1 nitrogen and oxygen atoms in total. The van der Waals surface area contributed by atoms with Gasteiger partial charge in [0.25, 0.3) is 0 Å². The Morgan fingerprint density at radius 2 is 1.62 bits per heavy atom. The summed E-state index contributed by atoms with van der Waals surface area (Å²) in [6.45, 7) is 9.27. The number of hydrogen-bond donors (Lipinski definition) is 0. The van der Waals surface area contributed by atoms with Crippen LogP contribution in [0.25, 0.3) is 22.2 Å². The van der Waals surface area contributed by atoms with Gasteiger partial charge in [0.1, 0.15) is 0 Å². The van der Waals surface area contributed by atoms with Crippen molar-refractivity contribution in [1.29, 1.82) is 0 Å². The lowest BCUT2D eigenvalue weighted by molar-refractivity contribution is 1.36. The molecule has 3 rings (SSSR count). The molecule has 0 amide bonds. The van der Waals surface area contributed by atoms with E-state index >= 15 is 0 Å². The highest BCUT2D eigenvalue weighted by molar-refractivity contribution is 6.88. The van der Waals surface area contributed by atoms with Crippen LogP contribution in [0.2, 0.25) is 19.6 Å². The van der Waals surface area contributed by atoms with Crippen LogP contribution in [0.5, 0.6) is 0 Å². The molecule has 0 bridgehead atoms. The first-order chi connectivity index (χ1) is 9.95. The first-order valence-corrected chi connectivity index (χ1v) is 10.9. The quantitative estimate of drug-likeness (QED) is 0.621. The molecule has 0 saturated carbocycles. The van der Waals surface area contributed by atoms with Crippen LogP contribution in [-0.4, -0.2) is 13.1 Å². The third-order valence-electron chi connectivity index (χ3n) is 3.98. The molecule has 0 N–H and O–H groups in total. The van der Waals surface area contributed by atoms with E-state index in [-0.39, 0.29) is 0 Å². The molecule has 0 aliphatic heterocycles. The second-order valence-corrected chi connectivity index (χ2v) is 11.7. The van der Waals surface area contributed by atoms with E-state index in [1.807, 2.05) is 0 Å². The summed E-state index contributed by atoms with van der Waals surface area (Å²) in [7, 11) is -1.26. The van der Waals surface area contributed by atoms with Gasteiger partial charge < -0.3 is 0 Å². The molecule has 0 radical (unpaired) electrons. The van der Waals surface area contributed by atoms with Crippen LogP contribution >= 0.6 is 0 Å². The Bertz CT molecular complexity index is 800. The van der Waals surface area contributed by atoms with Crippen molar-refractivity contribution in [2.45, 2.75) is 26.6 Å². The van der Waals surface area contributed by atoms with E-state index in [4.69, 9.17) is 4.98 Å². The second kappa shape index (κ2) is 5.12. The molecule has 0 spiro atoms. The number of aromatic nitrogens is 1. The van der Waals surface area contributed by atoms with Gasteiger partial charge in [-0.25, -0.2) is 4.98 Å². The van der Waals surface area contributed by atoms with Gasteiger partial charge in [-0.1, -0.05) is 67.3 Å². The monoisotopic (exact) mass is 291 g/mol. The smallest absolute Gasteiger partial charge is 0.0776 e. The molecule has 0 atom stereocenters. The standard InChI is InChI=1S/C19H21NSi/c1-14-7-5-6-8-17(14)19-11-9-15-13-16(21(2,3)4)10-12-18(15)20-19/h5-13H,1-4H3. The minimum Gasteiger partial charge on any atom is -0.248 e. The summed E-state index contributed by atoms with van der Waals surface area (Å²) in [5, 5.41) is 2.73. The third-order valence-corrected chi connectivity index (χ3v) is 6.02. The summed E-state index contributed by atoms with van der Waals surface area (Å²) in [6.07, 6.45) is 0. The van der Waals surface area contributed by atoms with Crippen molar-refractivity contribution in [1.82, 2.24) is 4.98 Å². The lowest BCUT2D eigenvalue weighted by Gasteiger charge is -2.17. The van der Waals surface area contributed by atoms with Crippen molar-refractivity contribution in [2.24, 2.45) is 0 Å². The second-order valence-electron chi connectivity index (χ2n) is 6.67. The number of rotatable bonds is 2. The zero-order chi connectivity index (χ0) is 15.0. The third kappa shape index (κ3) is 2.77. The van der Waals surface area contributed by atoms with E-state index in [0.29, 0.717) is 0 Å². The normalized spacial score (nSPS) is 11.8. The van der Waals surface area contributed by atoms with Gasteiger partial charge in [-0.2, -0.15) is 0 Å². The van der Waals surface area contributed by atoms with Gasteiger partial charge in [0, 0.05) is 10.9 Å². The molecular weight excluding hydrogens is 270 g/mol. The van der Waals surface area contributed by atoms with Gasteiger partial charge in [-0.15, -0.1) is 0 Å². The average Bonchev–Trinajstić information content (AvgIpc) is 2.46. The molecule has 21 heavy (non-hydrogen) atoms. The molecule has 106 valence electrons. The maximum atomic E-state index is 4.84. The SMILES string of the molecule is Cc1ccccc1-c1ccc2cc([Si](C)(C)C)ccc2n1. The summed E-state index contributed by atoms with van der Waals surface area (Å²) in [5.41, 5.74) is 4.62. The van der Waals surface area contributed by atoms with Crippen LogP contribution in [0.4, 0.5) is 0 Å². The fourth-order valence-electron chi connectivity index (χ4n) is 2.60. The summed E-state index contributed by atoms with van der Waals surface area (Å²) >= 11 is 0. The number of nitrogens with zero attached hydrogens (tertiary/aromatic N) is 1. The molecule has 0 saturated heterocycles. The van der Waals surface area contributed by atoms with Gasteiger partial charge in [0.15, 0.2) is 0 Å². The van der Waals surface area contributed by atoms with Crippen LogP contribution in [0, 0.1) is 6.92 Å². The fourth-order valence-corrected chi connectivity index (χ4v) is 3.77. The molecule has 1 aromatic heterocycles. The molecule has 3 aromatic rings. The van der Waals surface area contributed by atoms with Crippen LogP contribution in [0.1, 0.15) is 5.56 Å². The van der Waals surface area contributed by atoms with E-state index in [2.05, 4.69) is 81.2 Å². The predicted octanol–water partition coefficient (Wildman–Crippen LogP) is 4.76. The minimum absolute atomic E-state index is 1.06. The molecule has 0 fully saturated rings. The Balaban J connectivity index is 2.12. The van der Waals surface area contributed by atoms with Crippen molar-refractivity contribution < 1.29 is 0 Å². The fraction of sp³-hybridized carbons (Fsp3) is 0.211. The Labute approximate surface area is 127 Å². The number of aryl methyl sites for hydroxylation is 1. The Kier molecular flexibility index (Phi) is 3.42. The maximum absolute atomic E-state index is 4.84. The highest BCUT2D eigenvalue weighted by atomic mass is 28.3. The van der Waals surface area contributed by atoms with Crippen LogP contribution in [-0.2, 0) is 0 Å².